The molecule has 6 nitrogen and oxygen atoms in total. The van der Waals surface area contributed by atoms with E-state index >= 15 is 0 Å². The van der Waals surface area contributed by atoms with Crippen molar-refractivity contribution >= 4 is 0 Å². The number of ether oxygens (including phenoxy) is 2. The van der Waals surface area contributed by atoms with Gasteiger partial charge in [-0.2, -0.15) is 0 Å². The molecule has 2 aromatic heterocycles. The molecule has 0 spiro atoms. The van der Waals surface area contributed by atoms with Crippen LogP contribution in [0, 0.1) is 11.6 Å². The van der Waals surface area contributed by atoms with Gasteiger partial charge in [0.1, 0.15) is 12.4 Å². The van der Waals surface area contributed by atoms with Crippen molar-refractivity contribution in [1.29, 1.82) is 0 Å². The Bertz CT molecular complexity index is 1110. The van der Waals surface area contributed by atoms with Gasteiger partial charge in [0, 0.05) is 17.8 Å². The van der Waals surface area contributed by atoms with Crippen LogP contribution in [0.4, 0.5) is 8.78 Å². The topological polar surface area (TPSA) is 77.6 Å². The molecule has 0 unspecified atom stereocenters. The second-order valence-electron chi connectivity index (χ2n) is 5.98. The first-order valence-electron chi connectivity index (χ1n) is 8.55. The van der Waals surface area contributed by atoms with E-state index in [1.54, 1.807) is 36.4 Å². The molecule has 2 heterocycles. The van der Waals surface area contributed by atoms with Crippen LogP contribution in [0.5, 0.6) is 23.3 Å². The van der Waals surface area contributed by atoms with E-state index in [9.17, 15) is 13.9 Å². The quantitative estimate of drug-likeness (QED) is 0.489. The van der Waals surface area contributed by atoms with Gasteiger partial charge in [0.05, 0.1) is 5.56 Å². The first kappa shape index (κ1) is 18.4. The molecule has 0 bridgehead atoms. The molecular formula is C21H14F2N2O4. The molecule has 4 rings (SSSR count). The third-order valence-electron chi connectivity index (χ3n) is 4.00. The van der Waals surface area contributed by atoms with Crippen LogP contribution in [-0.4, -0.2) is 15.2 Å². The van der Waals surface area contributed by atoms with Crippen molar-refractivity contribution in [1.82, 2.24) is 10.1 Å². The normalized spacial score (nSPS) is 10.7. The van der Waals surface area contributed by atoms with Crippen molar-refractivity contribution in [3.63, 3.8) is 0 Å². The van der Waals surface area contributed by atoms with Gasteiger partial charge in [-0.1, -0.05) is 6.07 Å². The minimum Gasteiger partial charge on any atom is -0.491 e. The predicted octanol–water partition coefficient (Wildman–Crippen LogP) is 5.09. The van der Waals surface area contributed by atoms with Crippen molar-refractivity contribution in [2.24, 2.45) is 0 Å². The smallest absolute Gasteiger partial charge is 0.252 e. The van der Waals surface area contributed by atoms with Crippen LogP contribution in [0.3, 0.4) is 0 Å². The highest BCUT2D eigenvalue weighted by Crippen LogP contribution is 2.29. The number of pyridine rings is 1. The van der Waals surface area contributed by atoms with Crippen molar-refractivity contribution in [3.05, 3.63) is 84.1 Å². The molecule has 0 aliphatic carbocycles. The summed E-state index contributed by atoms with van der Waals surface area (Å²) < 4.78 is 43.8. The van der Waals surface area contributed by atoms with E-state index in [2.05, 4.69) is 10.1 Å². The molecule has 0 saturated heterocycles. The molecule has 4 aromatic rings. The number of aromatic nitrogens is 2. The summed E-state index contributed by atoms with van der Waals surface area (Å²) in [5.41, 5.74) is 1.23. The van der Waals surface area contributed by atoms with E-state index in [4.69, 9.17) is 14.0 Å². The summed E-state index contributed by atoms with van der Waals surface area (Å²) in [6, 6.07) is 15.1. The van der Waals surface area contributed by atoms with E-state index in [-0.39, 0.29) is 18.4 Å². The van der Waals surface area contributed by atoms with Gasteiger partial charge in [-0.25, -0.2) is 13.8 Å². The molecule has 0 radical (unpaired) electrons. The number of hydrogen-bond acceptors (Lipinski definition) is 6. The molecule has 8 heteroatoms. The van der Waals surface area contributed by atoms with Crippen molar-refractivity contribution in [2.75, 3.05) is 0 Å². The number of aromatic hydroxyl groups is 1. The van der Waals surface area contributed by atoms with Crippen LogP contribution < -0.4 is 9.47 Å². The van der Waals surface area contributed by atoms with E-state index in [0.29, 0.717) is 22.6 Å². The second kappa shape index (κ2) is 7.97. The maximum absolute atomic E-state index is 13.8. The summed E-state index contributed by atoms with van der Waals surface area (Å²) in [6.45, 7) is 0.0711. The lowest BCUT2D eigenvalue weighted by Crippen LogP contribution is -2.01. The van der Waals surface area contributed by atoms with Crippen molar-refractivity contribution in [2.45, 2.75) is 6.61 Å². The highest BCUT2D eigenvalue weighted by atomic mass is 19.1. The van der Waals surface area contributed by atoms with Crippen molar-refractivity contribution < 1.29 is 27.9 Å². The molecule has 0 amide bonds. The average Bonchev–Trinajstić information content (AvgIpc) is 3.17. The summed E-state index contributed by atoms with van der Waals surface area (Å²) >= 11 is 0. The maximum atomic E-state index is 13.8. The largest absolute Gasteiger partial charge is 0.491 e. The highest BCUT2D eigenvalue weighted by Gasteiger charge is 2.14. The molecular weight excluding hydrogens is 382 g/mol. The molecule has 0 aliphatic heterocycles. The minimum absolute atomic E-state index is 0.0465. The number of hydrogen-bond donors (Lipinski definition) is 1. The predicted molar refractivity (Wildman–Crippen MR) is 98.6 cm³/mol. The highest BCUT2D eigenvalue weighted by molar-refractivity contribution is 5.59. The summed E-state index contributed by atoms with van der Waals surface area (Å²) in [5, 5.41) is 12.7. The molecule has 0 atom stereocenters. The average molecular weight is 396 g/mol. The minimum atomic E-state index is -0.823. The van der Waals surface area contributed by atoms with Crippen LogP contribution in [0.15, 0.2) is 71.4 Å². The Morgan fingerprint density at radius 2 is 1.72 bits per heavy atom. The van der Waals surface area contributed by atoms with E-state index in [1.807, 2.05) is 0 Å². The SMILES string of the molecule is Oc1cc(-c2ccc(OCc3cccnc3Oc3c(F)cccc3F)cc2)on1. The lowest BCUT2D eigenvalue weighted by Gasteiger charge is -2.12. The third-order valence-corrected chi connectivity index (χ3v) is 4.00. The monoisotopic (exact) mass is 396 g/mol. The fraction of sp³-hybridized carbons (Fsp3) is 0.0476. The first-order chi connectivity index (χ1) is 14.1. The number of para-hydroxylation sites is 1. The zero-order valence-electron chi connectivity index (χ0n) is 14.9. The van der Waals surface area contributed by atoms with Crippen LogP contribution in [0.1, 0.15) is 5.56 Å². The van der Waals surface area contributed by atoms with E-state index < -0.39 is 17.4 Å². The summed E-state index contributed by atoms with van der Waals surface area (Å²) in [5.74, 6) is -1.35. The molecule has 0 aliphatic rings. The van der Waals surface area contributed by atoms with E-state index in [0.717, 1.165) is 12.1 Å². The Morgan fingerprint density at radius 3 is 2.41 bits per heavy atom. The number of halogens is 2. The number of nitrogens with zero attached hydrogens (tertiary/aromatic N) is 2. The lowest BCUT2D eigenvalue weighted by molar-refractivity contribution is 0.296. The standard InChI is InChI=1S/C21H14F2N2O4/c22-16-4-1-5-17(23)20(16)28-21-14(3-2-10-24-21)12-27-15-8-6-13(7-9-15)18-11-19(26)25-29-18/h1-11H,12H2,(H,25,26). The fourth-order valence-electron chi connectivity index (χ4n) is 2.58. The van der Waals surface area contributed by atoms with Crippen LogP contribution >= 0.6 is 0 Å². The van der Waals surface area contributed by atoms with E-state index in [1.165, 1.54) is 18.3 Å². The van der Waals surface area contributed by atoms with Gasteiger partial charge in [0.25, 0.3) is 5.88 Å². The fourth-order valence-corrected chi connectivity index (χ4v) is 2.58. The number of rotatable bonds is 6. The van der Waals surface area contributed by atoms with Gasteiger partial charge in [-0.05, 0) is 53.7 Å². The Morgan fingerprint density at radius 1 is 0.966 bits per heavy atom. The van der Waals surface area contributed by atoms with Gasteiger partial charge in [0.2, 0.25) is 11.6 Å². The molecule has 2 aromatic carbocycles. The molecule has 1 N–H and O–H groups in total. The first-order valence-corrected chi connectivity index (χ1v) is 8.55. The van der Waals surface area contributed by atoms with Crippen LogP contribution in [-0.2, 0) is 6.61 Å². The Kier molecular flexibility index (Phi) is 5.07. The van der Waals surface area contributed by atoms with Gasteiger partial charge < -0.3 is 19.1 Å². The van der Waals surface area contributed by atoms with Gasteiger partial charge in [0.15, 0.2) is 17.4 Å². The van der Waals surface area contributed by atoms with Crippen LogP contribution in [0.25, 0.3) is 11.3 Å². The zero-order valence-corrected chi connectivity index (χ0v) is 14.9. The second-order valence-corrected chi connectivity index (χ2v) is 5.98. The van der Waals surface area contributed by atoms with Gasteiger partial charge >= 0.3 is 0 Å². The molecule has 0 saturated carbocycles. The Labute approximate surface area is 164 Å². The molecule has 0 fully saturated rings. The van der Waals surface area contributed by atoms with Crippen molar-refractivity contribution in [3.8, 4) is 34.6 Å². The Balaban J connectivity index is 1.48. The van der Waals surface area contributed by atoms with Gasteiger partial charge in [-0.3, -0.25) is 0 Å². The molecule has 146 valence electrons. The van der Waals surface area contributed by atoms with Crippen LogP contribution in [0.2, 0.25) is 0 Å². The zero-order chi connectivity index (χ0) is 20.2. The third kappa shape index (κ3) is 4.16. The lowest BCUT2D eigenvalue weighted by atomic mass is 10.2. The van der Waals surface area contributed by atoms with Gasteiger partial charge in [-0.15, -0.1) is 0 Å². The summed E-state index contributed by atoms with van der Waals surface area (Å²) in [7, 11) is 0. The number of benzene rings is 2. The summed E-state index contributed by atoms with van der Waals surface area (Å²) in [6.07, 6.45) is 1.46. The summed E-state index contributed by atoms with van der Waals surface area (Å²) in [4.78, 5) is 4.05. The molecule has 29 heavy (non-hydrogen) atoms. The maximum Gasteiger partial charge on any atom is 0.252 e. The Hall–Kier alpha value is -3.94.